The Morgan fingerprint density at radius 2 is 1.75 bits per heavy atom. The number of hydrogen-bond donors (Lipinski definition) is 3. The predicted molar refractivity (Wildman–Crippen MR) is 85.2 cm³/mol. The number of unbranched alkanes of at least 4 members (excludes halogenated alkanes) is 1. The molecule has 20 heavy (non-hydrogen) atoms. The van der Waals surface area contributed by atoms with Gasteiger partial charge in [0, 0.05) is 16.9 Å². The molecule has 0 aromatic heterocycles. The Morgan fingerprint density at radius 1 is 1.05 bits per heavy atom. The average molecular weight is 270 g/mol. The molecule has 106 valence electrons. The highest BCUT2D eigenvalue weighted by molar-refractivity contribution is 5.79. The van der Waals surface area contributed by atoms with E-state index >= 15 is 0 Å². The third-order valence-corrected chi connectivity index (χ3v) is 3.51. The lowest BCUT2D eigenvalue weighted by Gasteiger charge is -2.12. The monoisotopic (exact) mass is 270 g/mol. The van der Waals surface area contributed by atoms with Crippen LogP contribution in [0.1, 0.15) is 37.9 Å². The van der Waals surface area contributed by atoms with E-state index in [9.17, 15) is 5.11 Å². The lowest BCUT2D eigenvalue weighted by atomic mass is 9.98. The summed E-state index contributed by atoms with van der Waals surface area (Å²) in [5.41, 5.74) is 16.1. The molecule has 0 fully saturated rings. The van der Waals surface area contributed by atoms with Crippen LogP contribution < -0.4 is 11.5 Å². The van der Waals surface area contributed by atoms with Crippen LogP contribution >= 0.6 is 0 Å². The number of anilines is 2. The van der Waals surface area contributed by atoms with Crippen LogP contribution in [0, 0.1) is 0 Å². The minimum absolute atomic E-state index is 0.387. The van der Waals surface area contributed by atoms with E-state index in [1.54, 1.807) is 6.07 Å². The Balaban J connectivity index is 2.21. The highest BCUT2D eigenvalue weighted by atomic mass is 16.3. The zero-order valence-corrected chi connectivity index (χ0v) is 11.8. The van der Waals surface area contributed by atoms with E-state index < -0.39 is 0 Å². The van der Waals surface area contributed by atoms with Crippen LogP contribution in [0.5, 0.6) is 0 Å². The second-order valence-electron chi connectivity index (χ2n) is 5.13. The van der Waals surface area contributed by atoms with Gasteiger partial charge in [-0.1, -0.05) is 44.0 Å². The summed E-state index contributed by atoms with van der Waals surface area (Å²) < 4.78 is 0. The van der Waals surface area contributed by atoms with E-state index in [2.05, 4.69) is 6.92 Å². The van der Waals surface area contributed by atoms with Gasteiger partial charge in [-0.3, -0.25) is 0 Å². The Hall–Kier alpha value is -2.00. The maximum atomic E-state index is 10.1. The maximum absolute atomic E-state index is 10.1. The Labute approximate surface area is 120 Å². The summed E-state index contributed by atoms with van der Waals surface area (Å²) in [5, 5.41) is 10.1. The molecule has 3 heteroatoms. The molecule has 2 aromatic rings. The maximum Gasteiger partial charge on any atom is 0.0790 e. The fraction of sp³-hybridized carbons (Fsp3) is 0.294. The number of benzene rings is 2. The predicted octanol–water partition coefficient (Wildman–Crippen LogP) is 3.74. The summed E-state index contributed by atoms with van der Waals surface area (Å²) in [6.07, 6.45) is 2.54. The van der Waals surface area contributed by atoms with Crippen molar-refractivity contribution in [2.24, 2.45) is 0 Å². The van der Waals surface area contributed by atoms with Gasteiger partial charge in [-0.15, -0.1) is 0 Å². The van der Waals surface area contributed by atoms with Crippen molar-refractivity contribution in [1.29, 1.82) is 0 Å². The summed E-state index contributed by atoms with van der Waals surface area (Å²) in [4.78, 5) is 0. The molecular formula is C17H22N2O. The zero-order valence-electron chi connectivity index (χ0n) is 11.8. The van der Waals surface area contributed by atoms with Crippen LogP contribution in [-0.2, 0) is 0 Å². The van der Waals surface area contributed by atoms with Crippen molar-refractivity contribution in [3.63, 3.8) is 0 Å². The van der Waals surface area contributed by atoms with E-state index in [1.165, 1.54) is 0 Å². The minimum Gasteiger partial charge on any atom is -0.399 e. The number of nitrogen functional groups attached to an aromatic ring is 2. The third kappa shape index (κ3) is 3.31. The van der Waals surface area contributed by atoms with Gasteiger partial charge in [0.1, 0.15) is 0 Å². The number of nitrogens with two attached hydrogens (primary N) is 2. The van der Waals surface area contributed by atoms with Crippen LogP contribution in [0.15, 0.2) is 42.5 Å². The average Bonchev–Trinajstić information content (AvgIpc) is 2.47. The largest absolute Gasteiger partial charge is 0.399 e. The van der Waals surface area contributed by atoms with Gasteiger partial charge >= 0.3 is 0 Å². The fourth-order valence-corrected chi connectivity index (χ4v) is 2.27. The molecule has 0 heterocycles. The molecule has 0 aliphatic carbocycles. The number of aliphatic hydroxyl groups is 1. The van der Waals surface area contributed by atoms with Crippen molar-refractivity contribution in [2.45, 2.75) is 32.3 Å². The normalized spacial score (nSPS) is 12.3. The molecular weight excluding hydrogens is 248 g/mol. The first-order chi connectivity index (χ1) is 9.61. The molecule has 1 atom stereocenters. The standard InChI is InChI=1S/C17H22N2O/c1-2-3-4-17(20)13-7-5-12(6-8-13)15-11-14(18)9-10-16(15)19/h5-11,17,20H,2-4,18-19H2,1H3. The quantitative estimate of drug-likeness (QED) is 0.725. The SMILES string of the molecule is CCCCC(O)c1ccc(-c2cc(N)ccc2N)cc1. The van der Waals surface area contributed by atoms with Gasteiger partial charge in [0.15, 0.2) is 0 Å². The number of aliphatic hydroxyl groups excluding tert-OH is 1. The van der Waals surface area contributed by atoms with Gasteiger partial charge in [-0.2, -0.15) is 0 Å². The molecule has 0 radical (unpaired) electrons. The smallest absolute Gasteiger partial charge is 0.0790 e. The fourth-order valence-electron chi connectivity index (χ4n) is 2.27. The van der Waals surface area contributed by atoms with Gasteiger partial charge in [-0.25, -0.2) is 0 Å². The van der Waals surface area contributed by atoms with Crippen LogP contribution in [0.4, 0.5) is 11.4 Å². The van der Waals surface area contributed by atoms with E-state index in [0.717, 1.165) is 36.0 Å². The lowest BCUT2D eigenvalue weighted by molar-refractivity contribution is 0.164. The van der Waals surface area contributed by atoms with Crippen molar-refractivity contribution < 1.29 is 5.11 Å². The second kappa shape index (κ2) is 6.44. The van der Waals surface area contributed by atoms with Gasteiger partial charge in [-0.05, 0) is 35.7 Å². The summed E-state index contributed by atoms with van der Waals surface area (Å²) in [6, 6.07) is 13.4. The third-order valence-electron chi connectivity index (χ3n) is 3.51. The first-order valence-electron chi connectivity index (χ1n) is 7.05. The summed E-state index contributed by atoms with van der Waals surface area (Å²) in [6.45, 7) is 2.12. The molecule has 3 nitrogen and oxygen atoms in total. The van der Waals surface area contributed by atoms with Crippen molar-refractivity contribution in [1.82, 2.24) is 0 Å². The molecule has 0 saturated heterocycles. The van der Waals surface area contributed by atoms with Crippen LogP contribution in [0.3, 0.4) is 0 Å². The number of hydrogen-bond acceptors (Lipinski definition) is 3. The Kier molecular flexibility index (Phi) is 4.64. The first-order valence-corrected chi connectivity index (χ1v) is 7.05. The van der Waals surface area contributed by atoms with Gasteiger partial charge in [0.05, 0.1) is 6.10 Å². The van der Waals surface area contributed by atoms with Crippen molar-refractivity contribution in [3.05, 3.63) is 48.0 Å². The zero-order chi connectivity index (χ0) is 14.5. The molecule has 0 amide bonds. The topological polar surface area (TPSA) is 72.3 Å². The molecule has 0 spiro atoms. The van der Waals surface area contributed by atoms with Crippen LogP contribution in [0.25, 0.3) is 11.1 Å². The summed E-state index contributed by atoms with van der Waals surface area (Å²) in [5.74, 6) is 0. The Morgan fingerprint density at radius 3 is 2.40 bits per heavy atom. The van der Waals surface area contributed by atoms with Crippen molar-refractivity contribution in [3.8, 4) is 11.1 Å². The van der Waals surface area contributed by atoms with Crippen LogP contribution in [0.2, 0.25) is 0 Å². The molecule has 2 rings (SSSR count). The van der Waals surface area contributed by atoms with Gasteiger partial charge in [0.2, 0.25) is 0 Å². The van der Waals surface area contributed by atoms with E-state index in [0.29, 0.717) is 11.4 Å². The molecule has 2 aromatic carbocycles. The van der Waals surface area contributed by atoms with Crippen molar-refractivity contribution >= 4 is 11.4 Å². The molecule has 5 N–H and O–H groups in total. The van der Waals surface area contributed by atoms with Gasteiger partial charge in [0.25, 0.3) is 0 Å². The molecule has 1 unspecified atom stereocenters. The summed E-state index contributed by atoms with van der Waals surface area (Å²) >= 11 is 0. The highest BCUT2D eigenvalue weighted by Gasteiger charge is 2.08. The van der Waals surface area contributed by atoms with E-state index in [-0.39, 0.29) is 6.10 Å². The second-order valence-corrected chi connectivity index (χ2v) is 5.13. The highest BCUT2D eigenvalue weighted by Crippen LogP contribution is 2.29. The molecule has 0 aliphatic heterocycles. The summed E-state index contributed by atoms with van der Waals surface area (Å²) in [7, 11) is 0. The lowest BCUT2D eigenvalue weighted by Crippen LogP contribution is -1.97. The molecule has 0 saturated carbocycles. The minimum atomic E-state index is -0.387. The molecule has 0 aliphatic rings. The van der Waals surface area contributed by atoms with Crippen LogP contribution in [-0.4, -0.2) is 5.11 Å². The van der Waals surface area contributed by atoms with Gasteiger partial charge < -0.3 is 16.6 Å². The molecule has 0 bridgehead atoms. The number of rotatable bonds is 5. The first kappa shape index (κ1) is 14.4. The Bertz CT molecular complexity index is 564. The van der Waals surface area contributed by atoms with E-state index in [4.69, 9.17) is 11.5 Å². The van der Waals surface area contributed by atoms with Crippen molar-refractivity contribution in [2.75, 3.05) is 11.5 Å². The van der Waals surface area contributed by atoms with E-state index in [1.807, 2.05) is 36.4 Å².